The van der Waals surface area contributed by atoms with Crippen LogP contribution in [0.15, 0.2) is 35.8 Å². The van der Waals surface area contributed by atoms with Crippen LogP contribution in [0.3, 0.4) is 0 Å². The van der Waals surface area contributed by atoms with E-state index in [-0.39, 0.29) is 5.69 Å². The molecule has 0 aliphatic heterocycles. The smallest absolute Gasteiger partial charge is 0.192 e. The van der Waals surface area contributed by atoms with E-state index in [2.05, 4.69) is 31.4 Å². The van der Waals surface area contributed by atoms with Crippen molar-refractivity contribution in [1.29, 1.82) is 5.26 Å². The number of rotatable bonds is 2. The van der Waals surface area contributed by atoms with E-state index in [0.29, 0.717) is 11.4 Å². The van der Waals surface area contributed by atoms with E-state index in [1.165, 1.54) is 11.3 Å². The molecule has 2 N–H and O–H groups in total. The molecule has 1 aromatic carbocycles. The summed E-state index contributed by atoms with van der Waals surface area (Å²) >= 11 is 1.52. The molecule has 0 aliphatic rings. The lowest BCUT2D eigenvalue weighted by Crippen LogP contribution is -1.83. The van der Waals surface area contributed by atoms with Gasteiger partial charge in [0.1, 0.15) is 22.5 Å². The number of aromatic nitrogens is 5. The largest absolute Gasteiger partial charge is 0.360 e. The third-order valence-corrected chi connectivity index (χ3v) is 4.10. The quantitative estimate of drug-likeness (QED) is 0.594. The molecule has 3 aromatic heterocycles. The summed E-state index contributed by atoms with van der Waals surface area (Å²) in [6, 6.07) is 10.1. The van der Waals surface area contributed by atoms with Crippen LogP contribution < -0.4 is 0 Å². The van der Waals surface area contributed by atoms with Crippen LogP contribution >= 0.6 is 11.3 Å². The number of aromatic amines is 2. The number of hydrogen-bond acceptors (Lipinski definition) is 5. The topological polar surface area (TPSA) is 94.0 Å². The van der Waals surface area contributed by atoms with Crippen molar-refractivity contribution < 1.29 is 0 Å². The predicted molar refractivity (Wildman–Crippen MR) is 79.5 cm³/mol. The molecule has 0 atom stereocenters. The second-order valence-electron chi connectivity index (χ2n) is 4.42. The van der Waals surface area contributed by atoms with Gasteiger partial charge in [0, 0.05) is 28.0 Å². The Kier molecular flexibility index (Phi) is 2.55. The van der Waals surface area contributed by atoms with Crippen molar-refractivity contribution >= 4 is 22.2 Å². The average Bonchev–Trinajstić information content (AvgIpc) is 3.24. The van der Waals surface area contributed by atoms with Gasteiger partial charge in [-0.3, -0.25) is 0 Å². The molecule has 0 saturated carbocycles. The van der Waals surface area contributed by atoms with Crippen LogP contribution in [0.4, 0.5) is 0 Å². The van der Waals surface area contributed by atoms with Crippen LogP contribution in [0, 0.1) is 11.3 Å². The monoisotopic (exact) mass is 292 g/mol. The lowest BCUT2D eigenvalue weighted by Gasteiger charge is -1.93. The van der Waals surface area contributed by atoms with Gasteiger partial charge in [-0.1, -0.05) is 18.2 Å². The third kappa shape index (κ3) is 1.81. The summed E-state index contributed by atoms with van der Waals surface area (Å²) in [7, 11) is 0. The molecule has 4 aromatic rings. The minimum absolute atomic E-state index is 0.255. The van der Waals surface area contributed by atoms with E-state index < -0.39 is 0 Å². The summed E-state index contributed by atoms with van der Waals surface area (Å²) in [5.74, 6) is 0. The minimum atomic E-state index is 0.255. The molecule has 100 valence electrons. The number of nitrogens with one attached hydrogen (secondary N) is 2. The summed E-state index contributed by atoms with van der Waals surface area (Å²) in [5.41, 5.74) is 3.52. The normalized spacial score (nSPS) is 10.8. The molecule has 0 saturated heterocycles. The molecule has 0 aliphatic carbocycles. The molecular weight excluding hydrogens is 284 g/mol. The number of nitrogens with zero attached hydrogens (tertiary/aromatic N) is 4. The Morgan fingerprint density at radius 2 is 2.10 bits per heavy atom. The van der Waals surface area contributed by atoms with Gasteiger partial charge in [-0.2, -0.15) is 15.6 Å². The maximum atomic E-state index is 9.00. The number of hydrogen-bond donors (Lipinski definition) is 2. The first-order valence-corrected chi connectivity index (χ1v) is 7.08. The highest BCUT2D eigenvalue weighted by atomic mass is 32.1. The first-order valence-electron chi connectivity index (χ1n) is 6.20. The van der Waals surface area contributed by atoms with Crippen molar-refractivity contribution in [2.24, 2.45) is 0 Å². The zero-order valence-electron chi connectivity index (χ0n) is 10.7. The van der Waals surface area contributed by atoms with Gasteiger partial charge in [0.2, 0.25) is 0 Å². The Morgan fingerprint density at radius 1 is 1.19 bits per heavy atom. The zero-order chi connectivity index (χ0) is 14.2. The first-order chi connectivity index (χ1) is 10.4. The lowest BCUT2D eigenvalue weighted by molar-refractivity contribution is 0.936. The molecule has 0 bridgehead atoms. The summed E-state index contributed by atoms with van der Waals surface area (Å²) in [4.78, 5) is 7.81. The van der Waals surface area contributed by atoms with Gasteiger partial charge < -0.3 is 4.98 Å². The Bertz CT molecular complexity index is 971. The standard InChI is InChI=1S/C14H8N6S/c15-5-11-13(19-20-18-11)12-7-21-14(17-12)9-6-16-10-4-2-1-3-8(9)10/h1-4,6-7,16H,(H,18,19,20). The number of fused-ring (bicyclic) bond motifs is 1. The third-order valence-electron chi connectivity index (χ3n) is 3.22. The van der Waals surface area contributed by atoms with Crippen LogP contribution in [0.2, 0.25) is 0 Å². The molecule has 3 heterocycles. The van der Waals surface area contributed by atoms with Crippen LogP contribution in [0.25, 0.3) is 32.9 Å². The number of H-pyrrole nitrogens is 2. The molecule has 0 amide bonds. The van der Waals surface area contributed by atoms with Crippen molar-refractivity contribution in [3.8, 4) is 28.0 Å². The second kappa shape index (κ2) is 4.54. The molecule has 7 heteroatoms. The van der Waals surface area contributed by atoms with Crippen LogP contribution in [0.5, 0.6) is 0 Å². The summed E-state index contributed by atoms with van der Waals surface area (Å²) in [6.07, 6.45) is 1.95. The van der Waals surface area contributed by atoms with Gasteiger partial charge in [-0.25, -0.2) is 4.98 Å². The van der Waals surface area contributed by atoms with Gasteiger partial charge in [0.15, 0.2) is 5.69 Å². The van der Waals surface area contributed by atoms with Crippen LogP contribution in [-0.4, -0.2) is 25.4 Å². The van der Waals surface area contributed by atoms with Crippen LogP contribution in [0.1, 0.15) is 5.69 Å². The number of para-hydroxylation sites is 1. The molecular formula is C14H8N6S. The minimum Gasteiger partial charge on any atom is -0.360 e. The van der Waals surface area contributed by atoms with E-state index in [1.807, 2.05) is 35.8 Å². The molecule has 0 unspecified atom stereocenters. The maximum Gasteiger partial charge on any atom is 0.192 e. The van der Waals surface area contributed by atoms with E-state index in [0.717, 1.165) is 21.5 Å². The molecule has 6 nitrogen and oxygen atoms in total. The number of nitriles is 1. The predicted octanol–water partition coefficient (Wildman–Crippen LogP) is 2.95. The Hall–Kier alpha value is -2.98. The Morgan fingerprint density at radius 3 is 3.00 bits per heavy atom. The molecule has 0 fully saturated rings. The highest BCUT2D eigenvalue weighted by Gasteiger charge is 2.15. The fraction of sp³-hybridized carbons (Fsp3) is 0. The summed E-state index contributed by atoms with van der Waals surface area (Å²) < 4.78 is 0. The van der Waals surface area contributed by atoms with E-state index >= 15 is 0 Å². The maximum absolute atomic E-state index is 9.00. The van der Waals surface area contributed by atoms with E-state index in [4.69, 9.17) is 5.26 Å². The van der Waals surface area contributed by atoms with Crippen molar-refractivity contribution in [3.05, 3.63) is 41.5 Å². The van der Waals surface area contributed by atoms with Crippen molar-refractivity contribution in [1.82, 2.24) is 25.4 Å². The van der Waals surface area contributed by atoms with Gasteiger partial charge in [-0.05, 0) is 6.07 Å². The van der Waals surface area contributed by atoms with Crippen molar-refractivity contribution in [3.63, 3.8) is 0 Å². The zero-order valence-corrected chi connectivity index (χ0v) is 11.5. The van der Waals surface area contributed by atoms with Crippen molar-refractivity contribution in [2.45, 2.75) is 0 Å². The number of thiazole rings is 1. The lowest BCUT2D eigenvalue weighted by atomic mass is 10.2. The summed E-state index contributed by atoms with van der Waals surface area (Å²) in [5, 5.41) is 23.1. The molecule has 0 radical (unpaired) electrons. The fourth-order valence-electron chi connectivity index (χ4n) is 2.24. The second-order valence-corrected chi connectivity index (χ2v) is 5.28. The van der Waals surface area contributed by atoms with Crippen molar-refractivity contribution in [2.75, 3.05) is 0 Å². The summed E-state index contributed by atoms with van der Waals surface area (Å²) in [6.45, 7) is 0. The van der Waals surface area contributed by atoms with Gasteiger partial charge in [-0.15, -0.1) is 16.4 Å². The molecule has 4 rings (SSSR count). The molecule has 21 heavy (non-hydrogen) atoms. The Balaban J connectivity index is 1.83. The van der Waals surface area contributed by atoms with Gasteiger partial charge >= 0.3 is 0 Å². The Labute approximate surface area is 123 Å². The van der Waals surface area contributed by atoms with E-state index in [1.54, 1.807) is 0 Å². The van der Waals surface area contributed by atoms with Gasteiger partial charge in [0.25, 0.3) is 0 Å². The SMILES string of the molecule is N#Cc1n[nH]nc1-c1csc(-c2c[nH]c3ccccc23)n1. The number of benzene rings is 1. The highest BCUT2D eigenvalue weighted by molar-refractivity contribution is 7.13. The fourth-order valence-corrected chi connectivity index (χ4v) is 3.08. The highest BCUT2D eigenvalue weighted by Crippen LogP contribution is 2.33. The van der Waals surface area contributed by atoms with Gasteiger partial charge in [0.05, 0.1) is 0 Å². The molecule has 0 spiro atoms. The first kappa shape index (κ1) is 11.8. The average molecular weight is 292 g/mol. The van der Waals surface area contributed by atoms with Crippen LogP contribution in [-0.2, 0) is 0 Å². The van der Waals surface area contributed by atoms with E-state index in [9.17, 15) is 0 Å².